The van der Waals surface area contributed by atoms with Gasteiger partial charge < -0.3 is 10.1 Å². The first-order chi connectivity index (χ1) is 9.63. The predicted octanol–water partition coefficient (Wildman–Crippen LogP) is 4.14. The summed E-state index contributed by atoms with van der Waals surface area (Å²) in [6.07, 6.45) is 2.28. The molecule has 0 fully saturated rings. The van der Waals surface area contributed by atoms with Crippen molar-refractivity contribution in [3.05, 3.63) is 35.4 Å². The average molecular weight is 277 g/mol. The highest BCUT2D eigenvalue weighted by molar-refractivity contribution is 5.25. The first kappa shape index (κ1) is 17.2. The third-order valence-electron chi connectivity index (χ3n) is 3.39. The maximum atomic E-state index is 5.76. The van der Waals surface area contributed by atoms with Gasteiger partial charge in [0, 0.05) is 19.8 Å². The topological polar surface area (TPSA) is 21.3 Å². The number of rotatable bonds is 10. The number of nitrogens with one attached hydrogen (secondary N) is 1. The van der Waals surface area contributed by atoms with E-state index >= 15 is 0 Å². The smallest absolute Gasteiger partial charge is 0.0488 e. The Morgan fingerprint density at radius 2 is 2.05 bits per heavy atom. The Kier molecular flexibility index (Phi) is 8.56. The first-order valence-electron chi connectivity index (χ1n) is 7.98. The Labute approximate surface area is 124 Å². The van der Waals surface area contributed by atoms with Gasteiger partial charge in [-0.05, 0) is 43.7 Å². The Morgan fingerprint density at radius 1 is 1.25 bits per heavy atom. The fourth-order valence-corrected chi connectivity index (χ4v) is 2.31. The molecule has 0 saturated carbocycles. The summed E-state index contributed by atoms with van der Waals surface area (Å²) in [6, 6.07) is 8.87. The predicted molar refractivity (Wildman–Crippen MR) is 87.4 cm³/mol. The van der Waals surface area contributed by atoms with Crippen LogP contribution < -0.4 is 5.32 Å². The minimum Gasteiger partial charge on any atom is -0.381 e. The standard InChI is InChI=1S/C18H31NO/c1-5-10-19-13-18(9-11-20-14-15(2)3)17-8-6-7-16(4)12-17/h6-8,12,15,18-19H,5,9-11,13-14H2,1-4H3. The molecule has 2 nitrogen and oxygen atoms in total. The Bertz CT molecular complexity index is 362. The highest BCUT2D eigenvalue weighted by atomic mass is 16.5. The van der Waals surface area contributed by atoms with Crippen molar-refractivity contribution >= 4 is 0 Å². The van der Waals surface area contributed by atoms with Crippen molar-refractivity contribution in [3.8, 4) is 0 Å². The van der Waals surface area contributed by atoms with Crippen molar-refractivity contribution in [1.29, 1.82) is 0 Å². The summed E-state index contributed by atoms with van der Waals surface area (Å²) in [6.45, 7) is 12.6. The lowest BCUT2D eigenvalue weighted by Crippen LogP contribution is -2.23. The number of hydrogen-bond acceptors (Lipinski definition) is 2. The molecule has 1 unspecified atom stereocenters. The summed E-state index contributed by atoms with van der Waals surface area (Å²) in [5.41, 5.74) is 2.77. The normalized spacial score (nSPS) is 12.8. The molecule has 1 aromatic rings. The molecule has 1 aromatic carbocycles. The van der Waals surface area contributed by atoms with Crippen LogP contribution in [0.3, 0.4) is 0 Å². The molecule has 20 heavy (non-hydrogen) atoms. The zero-order valence-electron chi connectivity index (χ0n) is 13.6. The maximum Gasteiger partial charge on any atom is 0.0488 e. The van der Waals surface area contributed by atoms with Crippen LogP contribution in [0, 0.1) is 12.8 Å². The van der Waals surface area contributed by atoms with E-state index in [2.05, 4.69) is 57.3 Å². The molecule has 0 aliphatic carbocycles. The zero-order valence-corrected chi connectivity index (χ0v) is 13.6. The van der Waals surface area contributed by atoms with Crippen LogP contribution in [0.5, 0.6) is 0 Å². The first-order valence-corrected chi connectivity index (χ1v) is 7.98. The molecular formula is C18H31NO. The van der Waals surface area contributed by atoms with E-state index in [0.29, 0.717) is 11.8 Å². The fourth-order valence-electron chi connectivity index (χ4n) is 2.31. The van der Waals surface area contributed by atoms with Gasteiger partial charge in [0.05, 0.1) is 0 Å². The fraction of sp³-hybridized carbons (Fsp3) is 0.667. The molecule has 0 spiro atoms. The number of benzene rings is 1. The second-order valence-electron chi connectivity index (χ2n) is 6.07. The molecule has 0 aliphatic rings. The van der Waals surface area contributed by atoms with Gasteiger partial charge in [-0.15, -0.1) is 0 Å². The molecule has 1 rings (SSSR count). The highest BCUT2D eigenvalue weighted by Gasteiger charge is 2.11. The van der Waals surface area contributed by atoms with Crippen LogP contribution in [0.15, 0.2) is 24.3 Å². The summed E-state index contributed by atoms with van der Waals surface area (Å²) >= 11 is 0. The average Bonchev–Trinajstić information content (AvgIpc) is 2.41. The van der Waals surface area contributed by atoms with Crippen molar-refractivity contribution in [2.45, 2.75) is 46.5 Å². The van der Waals surface area contributed by atoms with Crippen LogP contribution in [-0.2, 0) is 4.74 Å². The van der Waals surface area contributed by atoms with Crippen molar-refractivity contribution < 1.29 is 4.74 Å². The van der Waals surface area contributed by atoms with E-state index in [1.807, 2.05) is 0 Å². The number of hydrogen-bond donors (Lipinski definition) is 1. The van der Waals surface area contributed by atoms with E-state index in [9.17, 15) is 0 Å². The van der Waals surface area contributed by atoms with Crippen molar-refractivity contribution in [3.63, 3.8) is 0 Å². The lowest BCUT2D eigenvalue weighted by molar-refractivity contribution is 0.103. The molecule has 2 heteroatoms. The van der Waals surface area contributed by atoms with E-state index in [-0.39, 0.29) is 0 Å². The number of aryl methyl sites for hydroxylation is 1. The molecule has 114 valence electrons. The molecule has 0 bridgehead atoms. The Hall–Kier alpha value is -0.860. The molecule has 0 amide bonds. The second-order valence-corrected chi connectivity index (χ2v) is 6.07. The SMILES string of the molecule is CCCNCC(CCOCC(C)C)c1cccc(C)c1. The summed E-state index contributed by atoms with van der Waals surface area (Å²) < 4.78 is 5.76. The molecule has 0 saturated heterocycles. The van der Waals surface area contributed by atoms with Gasteiger partial charge in [0.2, 0.25) is 0 Å². The van der Waals surface area contributed by atoms with Crippen molar-refractivity contribution in [1.82, 2.24) is 5.32 Å². The quantitative estimate of drug-likeness (QED) is 0.649. The molecule has 1 N–H and O–H groups in total. The van der Waals surface area contributed by atoms with Gasteiger partial charge in [0.25, 0.3) is 0 Å². The lowest BCUT2D eigenvalue weighted by atomic mass is 9.94. The highest BCUT2D eigenvalue weighted by Crippen LogP contribution is 2.20. The molecule has 0 aliphatic heterocycles. The monoisotopic (exact) mass is 277 g/mol. The van der Waals surface area contributed by atoms with Crippen LogP contribution >= 0.6 is 0 Å². The van der Waals surface area contributed by atoms with E-state index in [1.165, 1.54) is 17.5 Å². The molecule has 0 aromatic heterocycles. The zero-order chi connectivity index (χ0) is 14.8. The lowest BCUT2D eigenvalue weighted by Gasteiger charge is -2.19. The van der Waals surface area contributed by atoms with Gasteiger partial charge in [-0.2, -0.15) is 0 Å². The van der Waals surface area contributed by atoms with Gasteiger partial charge >= 0.3 is 0 Å². The Balaban J connectivity index is 2.51. The molecule has 1 atom stereocenters. The van der Waals surface area contributed by atoms with Gasteiger partial charge in [-0.25, -0.2) is 0 Å². The van der Waals surface area contributed by atoms with Crippen LogP contribution in [0.4, 0.5) is 0 Å². The summed E-state index contributed by atoms with van der Waals surface area (Å²) in [5.74, 6) is 1.17. The van der Waals surface area contributed by atoms with Crippen LogP contribution in [0.1, 0.15) is 50.7 Å². The van der Waals surface area contributed by atoms with Crippen LogP contribution in [0.25, 0.3) is 0 Å². The van der Waals surface area contributed by atoms with E-state index in [0.717, 1.165) is 32.7 Å². The largest absolute Gasteiger partial charge is 0.381 e. The summed E-state index contributed by atoms with van der Waals surface area (Å²) in [5, 5.41) is 3.55. The van der Waals surface area contributed by atoms with E-state index in [4.69, 9.17) is 4.74 Å². The third kappa shape index (κ3) is 7.06. The number of ether oxygens (including phenoxy) is 1. The minimum absolute atomic E-state index is 0.550. The summed E-state index contributed by atoms with van der Waals surface area (Å²) in [4.78, 5) is 0. The molecule has 0 heterocycles. The van der Waals surface area contributed by atoms with Crippen molar-refractivity contribution in [2.24, 2.45) is 5.92 Å². The molecule has 0 radical (unpaired) electrons. The van der Waals surface area contributed by atoms with E-state index < -0.39 is 0 Å². The third-order valence-corrected chi connectivity index (χ3v) is 3.39. The van der Waals surface area contributed by atoms with E-state index in [1.54, 1.807) is 0 Å². The maximum absolute atomic E-state index is 5.76. The van der Waals surface area contributed by atoms with Gasteiger partial charge in [-0.1, -0.05) is 50.6 Å². The molecular weight excluding hydrogens is 246 g/mol. The van der Waals surface area contributed by atoms with Gasteiger partial charge in [0.15, 0.2) is 0 Å². The van der Waals surface area contributed by atoms with Gasteiger partial charge in [-0.3, -0.25) is 0 Å². The second kappa shape index (κ2) is 9.95. The van der Waals surface area contributed by atoms with Crippen LogP contribution in [0.2, 0.25) is 0 Å². The van der Waals surface area contributed by atoms with Gasteiger partial charge in [0.1, 0.15) is 0 Å². The Morgan fingerprint density at radius 3 is 2.70 bits per heavy atom. The minimum atomic E-state index is 0.550. The van der Waals surface area contributed by atoms with Crippen molar-refractivity contribution in [2.75, 3.05) is 26.3 Å². The van der Waals surface area contributed by atoms with Crippen LogP contribution in [-0.4, -0.2) is 26.3 Å². The summed E-state index contributed by atoms with van der Waals surface area (Å²) in [7, 11) is 0.